The summed E-state index contributed by atoms with van der Waals surface area (Å²) in [7, 11) is 0. The SMILES string of the molecule is O=C1CCC2OC2N1O. The van der Waals surface area contributed by atoms with Crippen molar-refractivity contribution in [1.29, 1.82) is 0 Å². The molecule has 0 spiro atoms. The van der Waals surface area contributed by atoms with Crippen LogP contribution in [0.15, 0.2) is 0 Å². The molecule has 2 rings (SSSR count). The van der Waals surface area contributed by atoms with Gasteiger partial charge in [0.1, 0.15) is 6.10 Å². The van der Waals surface area contributed by atoms with E-state index in [2.05, 4.69) is 0 Å². The van der Waals surface area contributed by atoms with Crippen LogP contribution in [0.25, 0.3) is 0 Å². The highest BCUT2D eigenvalue weighted by atomic mass is 16.7. The van der Waals surface area contributed by atoms with Gasteiger partial charge in [0, 0.05) is 6.42 Å². The monoisotopic (exact) mass is 129 g/mol. The summed E-state index contributed by atoms with van der Waals surface area (Å²) in [6, 6.07) is 0. The van der Waals surface area contributed by atoms with Crippen LogP contribution in [0.2, 0.25) is 0 Å². The van der Waals surface area contributed by atoms with Gasteiger partial charge in [0.05, 0.1) is 0 Å². The normalized spacial score (nSPS) is 40.6. The van der Waals surface area contributed by atoms with E-state index in [0.29, 0.717) is 11.5 Å². The minimum atomic E-state index is -0.314. The number of hydroxylamine groups is 2. The summed E-state index contributed by atoms with van der Waals surface area (Å²) in [5.74, 6) is -0.228. The number of epoxide rings is 1. The lowest BCUT2D eigenvalue weighted by atomic mass is 10.1. The van der Waals surface area contributed by atoms with Gasteiger partial charge in [-0.2, -0.15) is 5.06 Å². The number of rotatable bonds is 0. The average molecular weight is 129 g/mol. The number of carbonyl (C=O) groups is 1. The molecule has 2 heterocycles. The van der Waals surface area contributed by atoms with Gasteiger partial charge in [-0.15, -0.1) is 0 Å². The second kappa shape index (κ2) is 1.46. The Morgan fingerprint density at radius 2 is 2.56 bits per heavy atom. The van der Waals surface area contributed by atoms with Gasteiger partial charge in [0.25, 0.3) is 0 Å². The van der Waals surface area contributed by atoms with Crippen molar-refractivity contribution in [3.05, 3.63) is 0 Å². The molecule has 2 unspecified atom stereocenters. The molecule has 4 heteroatoms. The van der Waals surface area contributed by atoms with Crippen LogP contribution in [-0.2, 0) is 9.53 Å². The highest BCUT2D eigenvalue weighted by molar-refractivity contribution is 5.76. The van der Waals surface area contributed by atoms with Gasteiger partial charge in [-0.1, -0.05) is 0 Å². The van der Waals surface area contributed by atoms with Crippen LogP contribution in [0.1, 0.15) is 12.8 Å². The molecule has 2 aliphatic heterocycles. The van der Waals surface area contributed by atoms with Gasteiger partial charge in [-0.25, -0.2) is 0 Å². The first kappa shape index (κ1) is 5.20. The molecule has 1 N–H and O–H groups in total. The molecule has 2 aliphatic rings. The molecule has 0 radical (unpaired) electrons. The summed E-state index contributed by atoms with van der Waals surface area (Å²) in [4.78, 5) is 10.6. The van der Waals surface area contributed by atoms with Crippen molar-refractivity contribution >= 4 is 5.91 Å². The highest BCUT2D eigenvalue weighted by Crippen LogP contribution is 2.33. The number of fused-ring (bicyclic) bond motifs is 1. The van der Waals surface area contributed by atoms with Crippen molar-refractivity contribution in [2.45, 2.75) is 25.2 Å². The second-order valence-corrected chi connectivity index (χ2v) is 2.34. The Hall–Kier alpha value is -0.610. The fourth-order valence-electron chi connectivity index (χ4n) is 1.08. The third-order valence-corrected chi connectivity index (χ3v) is 1.69. The zero-order chi connectivity index (χ0) is 6.43. The van der Waals surface area contributed by atoms with Gasteiger partial charge in [0.2, 0.25) is 5.91 Å². The summed E-state index contributed by atoms with van der Waals surface area (Å²) < 4.78 is 4.92. The van der Waals surface area contributed by atoms with Gasteiger partial charge in [-0.05, 0) is 6.42 Å². The van der Waals surface area contributed by atoms with E-state index in [1.54, 1.807) is 0 Å². The van der Waals surface area contributed by atoms with Crippen molar-refractivity contribution in [3.63, 3.8) is 0 Å². The summed E-state index contributed by atoms with van der Waals surface area (Å²) in [5, 5.41) is 9.54. The molecule has 0 aromatic rings. The first-order valence-corrected chi connectivity index (χ1v) is 2.95. The number of carbonyl (C=O) groups excluding carboxylic acids is 1. The Kier molecular flexibility index (Phi) is 0.841. The summed E-state index contributed by atoms with van der Waals surface area (Å²) in [6.07, 6.45) is 0.983. The lowest BCUT2D eigenvalue weighted by molar-refractivity contribution is -0.176. The maximum atomic E-state index is 10.6. The molecular formula is C5H7NO3. The number of hydrogen-bond acceptors (Lipinski definition) is 3. The highest BCUT2D eigenvalue weighted by Gasteiger charge is 2.49. The first-order valence-electron chi connectivity index (χ1n) is 2.95. The molecule has 0 aliphatic carbocycles. The van der Waals surface area contributed by atoms with E-state index in [0.717, 1.165) is 6.42 Å². The van der Waals surface area contributed by atoms with Crippen molar-refractivity contribution in [2.75, 3.05) is 0 Å². The topological polar surface area (TPSA) is 53.1 Å². The van der Waals surface area contributed by atoms with Crippen molar-refractivity contribution in [2.24, 2.45) is 0 Å². The largest absolute Gasteiger partial charge is 0.345 e. The summed E-state index contributed by atoms with van der Waals surface area (Å²) in [5.41, 5.74) is 0. The second-order valence-electron chi connectivity index (χ2n) is 2.34. The molecule has 0 bridgehead atoms. The van der Waals surface area contributed by atoms with Crippen LogP contribution in [0, 0.1) is 0 Å². The van der Waals surface area contributed by atoms with E-state index >= 15 is 0 Å². The molecule has 0 saturated carbocycles. The molecular weight excluding hydrogens is 122 g/mol. The Morgan fingerprint density at radius 3 is 3.22 bits per heavy atom. The first-order chi connectivity index (χ1) is 4.29. The van der Waals surface area contributed by atoms with Crippen LogP contribution in [0.5, 0.6) is 0 Å². The van der Waals surface area contributed by atoms with Gasteiger partial charge in [0.15, 0.2) is 6.23 Å². The van der Waals surface area contributed by atoms with E-state index in [-0.39, 0.29) is 18.2 Å². The van der Waals surface area contributed by atoms with Crippen LogP contribution < -0.4 is 0 Å². The van der Waals surface area contributed by atoms with Crippen LogP contribution >= 0.6 is 0 Å². The lowest BCUT2D eigenvalue weighted by Gasteiger charge is -2.14. The lowest BCUT2D eigenvalue weighted by Crippen LogP contribution is -2.35. The molecule has 0 aromatic carbocycles. The zero-order valence-electron chi connectivity index (χ0n) is 4.78. The summed E-state index contributed by atoms with van der Waals surface area (Å²) >= 11 is 0. The maximum Gasteiger partial charge on any atom is 0.248 e. The molecule has 2 fully saturated rings. The van der Waals surface area contributed by atoms with Crippen molar-refractivity contribution in [1.82, 2.24) is 5.06 Å². The van der Waals surface area contributed by atoms with Crippen molar-refractivity contribution in [3.8, 4) is 0 Å². The number of nitrogens with zero attached hydrogens (tertiary/aromatic N) is 1. The number of piperidine rings is 1. The molecule has 50 valence electrons. The molecule has 2 saturated heterocycles. The van der Waals surface area contributed by atoms with Crippen LogP contribution in [0.4, 0.5) is 0 Å². The predicted octanol–water partition coefficient (Wildman–Crippen LogP) is -0.277. The predicted molar refractivity (Wildman–Crippen MR) is 26.5 cm³/mol. The fourth-order valence-corrected chi connectivity index (χ4v) is 1.08. The zero-order valence-corrected chi connectivity index (χ0v) is 4.78. The molecule has 4 nitrogen and oxygen atoms in total. The minimum Gasteiger partial charge on any atom is -0.345 e. The van der Waals surface area contributed by atoms with E-state index in [1.165, 1.54) is 0 Å². The molecule has 9 heavy (non-hydrogen) atoms. The Bertz CT molecular complexity index is 158. The Labute approximate surface area is 52.0 Å². The summed E-state index contributed by atoms with van der Waals surface area (Å²) in [6.45, 7) is 0. The van der Waals surface area contributed by atoms with Crippen LogP contribution in [0.3, 0.4) is 0 Å². The Morgan fingerprint density at radius 1 is 1.78 bits per heavy atom. The standard InChI is InChI=1S/C5H7NO3/c7-4-2-1-3-5(9-3)6(4)8/h3,5,8H,1-2H2. The number of hydrogen-bond donors (Lipinski definition) is 1. The molecule has 1 amide bonds. The quantitative estimate of drug-likeness (QED) is 0.361. The third-order valence-electron chi connectivity index (χ3n) is 1.69. The number of amides is 1. The smallest absolute Gasteiger partial charge is 0.248 e. The number of ether oxygens (including phenoxy) is 1. The molecule has 2 atom stereocenters. The van der Waals surface area contributed by atoms with Gasteiger partial charge in [-0.3, -0.25) is 10.0 Å². The maximum absolute atomic E-state index is 10.6. The van der Waals surface area contributed by atoms with Crippen molar-refractivity contribution < 1.29 is 14.7 Å². The fraction of sp³-hybridized carbons (Fsp3) is 0.800. The van der Waals surface area contributed by atoms with E-state index in [4.69, 9.17) is 9.94 Å². The van der Waals surface area contributed by atoms with E-state index in [1.807, 2.05) is 0 Å². The van der Waals surface area contributed by atoms with E-state index in [9.17, 15) is 4.79 Å². The third kappa shape index (κ3) is 0.635. The van der Waals surface area contributed by atoms with E-state index < -0.39 is 0 Å². The van der Waals surface area contributed by atoms with Gasteiger partial charge < -0.3 is 4.74 Å². The average Bonchev–Trinajstić information content (AvgIpc) is 2.58. The van der Waals surface area contributed by atoms with Gasteiger partial charge >= 0.3 is 0 Å². The Balaban J connectivity index is 2.10. The minimum absolute atomic E-state index is 0.118. The molecule has 0 aromatic heterocycles. The van der Waals surface area contributed by atoms with Crippen LogP contribution in [-0.4, -0.2) is 28.5 Å².